The number of anilines is 2. The van der Waals surface area contributed by atoms with Crippen LogP contribution in [0.15, 0.2) is 47.4 Å². The van der Waals surface area contributed by atoms with Crippen LogP contribution in [0.25, 0.3) is 0 Å². The molecule has 0 aromatic heterocycles. The van der Waals surface area contributed by atoms with Crippen molar-refractivity contribution in [1.82, 2.24) is 4.31 Å². The fourth-order valence-corrected chi connectivity index (χ4v) is 4.99. The Hall–Kier alpha value is -2.29. The maximum Gasteiger partial charge on any atom is 0.265 e. The maximum absolute atomic E-state index is 13.0. The van der Waals surface area contributed by atoms with E-state index in [-0.39, 0.29) is 10.8 Å². The van der Waals surface area contributed by atoms with Gasteiger partial charge >= 0.3 is 0 Å². The van der Waals surface area contributed by atoms with Crippen LogP contribution in [0.4, 0.5) is 11.4 Å². The van der Waals surface area contributed by atoms with Gasteiger partial charge in [-0.15, -0.1) is 0 Å². The highest BCUT2D eigenvalue weighted by Gasteiger charge is 2.31. The molecule has 0 bridgehead atoms. The molecule has 0 saturated carbocycles. The molecule has 28 heavy (non-hydrogen) atoms. The molecule has 2 aliphatic heterocycles. The van der Waals surface area contributed by atoms with Crippen molar-refractivity contribution in [2.75, 3.05) is 36.4 Å². The smallest absolute Gasteiger partial charge is 0.265 e. The number of nitrogens with zero attached hydrogens (tertiary/aromatic N) is 2. The molecule has 1 atom stereocenters. The average Bonchev–Trinajstić information content (AvgIpc) is 2.68. The Bertz CT molecular complexity index is 1020. The number of halogens is 1. The molecule has 2 aromatic rings. The predicted octanol–water partition coefficient (Wildman–Crippen LogP) is 2.57. The zero-order valence-corrected chi connectivity index (χ0v) is 16.8. The van der Waals surface area contributed by atoms with Gasteiger partial charge in [0, 0.05) is 36.9 Å². The quantitative estimate of drug-likeness (QED) is 0.824. The standard InChI is InChI=1S/C19H20ClN3O4S/c1-13-19(24)21-17-12-16(5-6-18(17)27-13)28(25,26)23-9-7-22(8-10-23)15-4-2-3-14(20)11-15/h2-6,11-13H,7-10H2,1H3,(H,21,24). The molecular formula is C19H20ClN3O4S. The molecular weight excluding hydrogens is 402 g/mol. The Morgan fingerprint density at radius 1 is 1.11 bits per heavy atom. The minimum Gasteiger partial charge on any atom is -0.479 e. The SMILES string of the molecule is CC1Oc2ccc(S(=O)(=O)N3CCN(c4cccc(Cl)c4)CC3)cc2NC1=O. The summed E-state index contributed by atoms with van der Waals surface area (Å²) >= 11 is 6.05. The van der Waals surface area contributed by atoms with Crippen molar-refractivity contribution in [3.8, 4) is 5.75 Å². The Morgan fingerprint density at radius 3 is 2.57 bits per heavy atom. The van der Waals surface area contributed by atoms with Crippen LogP contribution in [0, 0.1) is 0 Å². The number of piperazine rings is 1. The highest BCUT2D eigenvalue weighted by molar-refractivity contribution is 7.89. The number of amides is 1. The van der Waals surface area contributed by atoms with Gasteiger partial charge in [0.25, 0.3) is 5.91 Å². The van der Waals surface area contributed by atoms with Crippen molar-refractivity contribution >= 4 is 38.9 Å². The van der Waals surface area contributed by atoms with Crippen molar-refractivity contribution in [2.24, 2.45) is 0 Å². The van der Waals surface area contributed by atoms with Crippen LogP contribution in [-0.4, -0.2) is 50.9 Å². The number of carbonyl (C=O) groups excluding carboxylic acids is 1. The highest BCUT2D eigenvalue weighted by Crippen LogP contribution is 2.33. The molecule has 9 heteroatoms. The summed E-state index contributed by atoms with van der Waals surface area (Å²) in [4.78, 5) is 14.1. The van der Waals surface area contributed by atoms with Gasteiger partial charge < -0.3 is 15.0 Å². The van der Waals surface area contributed by atoms with Gasteiger partial charge in [0.15, 0.2) is 6.10 Å². The van der Waals surface area contributed by atoms with Crippen LogP contribution >= 0.6 is 11.6 Å². The number of rotatable bonds is 3. The minimum atomic E-state index is -3.67. The van der Waals surface area contributed by atoms with E-state index in [0.29, 0.717) is 42.6 Å². The molecule has 0 spiro atoms. The van der Waals surface area contributed by atoms with Gasteiger partial charge in [-0.25, -0.2) is 8.42 Å². The Labute approximate surface area is 168 Å². The van der Waals surface area contributed by atoms with E-state index in [1.165, 1.54) is 16.4 Å². The molecule has 1 saturated heterocycles. The first-order chi connectivity index (χ1) is 13.3. The van der Waals surface area contributed by atoms with Gasteiger partial charge in [-0.3, -0.25) is 4.79 Å². The van der Waals surface area contributed by atoms with E-state index < -0.39 is 16.1 Å². The summed E-state index contributed by atoms with van der Waals surface area (Å²) in [7, 11) is -3.67. The first-order valence-corrected chi connectivity index (χ1v) is 10.8. The summed E-state index contributed by atoms with van der Waals surface area (Å²) in [6, 6.07) is 12.1. The average molecular weight is 422 g/mol. The van der Waals surface area contributed by atoms with E-state index in [2.05, 4.69) is 10.2 Å². The topological polar surface area (TPSA) is 79.0 Å². The molecule has 0 aliphatic carbocycles. The number of carbonyl (C=O) groups is 1. The van der Waals surface area contributed by atoms with Crippen molar-refractivity contribution in [3.05, 3.63) is 47.5 Å². The van der Waals surface area contributed by atoms with E-state index in [9.17, 15) is 13.2 Å². The van der Waals surface area contributed by atoms with Crippen LogP contribution < -0.4 is 15.0 Å². The number of sulfonamides is 1. The third-order valence-electron chi connectivity index (χ3n) is 4.93. The summed E-state index contributed by atoms with van der Waals surface area (Å²) in [5.41, 5.74) is 1.36. The third-order valence-corrected chi connectivity index (χ3v) is 7.06. The zero-order chi connectivity index (χ0) is 19.9. The molecule has 1 N–H and O–H groups in total. The maximum atomic E-state index is 13.0. The number of nitrogens with one attached hydrogen (secondary N) is 1. The largest absolute Gasteiger partial charge is 0.479 e. The van der Waals surface area contributed by atoms with Gasteiger partial charge in [0.2, 0.25) is 10.0 Å². The second-order valence-corrected chi connectivity index (χ2v) is 9.15. The molecule has 4 rings (SSSR count). The summed E-state index contributed by atoms with van der Waals surface area (Å²) in [6.07, 6.45) is -0.602. The van der Waals surface area contributed by atoms with Crippen molar-refractivity contribution in [1.29, 1.82) is 0 Å². The molecule has 1 amide bonds. The Kier molecular flexibility index (Phi) is 4.95. The zero-order valence-electron chi connectivity index (χ0n) is 15.3. The molecule has 148 valence electrons. The summed E-state index contributed by atoms with van der Waals surface area (Å²) in [6.45, 7) is 3.52. The Balaban J connectivity index is 1.51. The molecule has 7 nitrogen and oxygen atoms in total. The van der Waals surface area contributed by atoms with Crippen molar-refractivity contribution in [2.45, 2.75) is 17.9 Å². The number of fused-ring (bicyclic) bond motifs is 1. The van der Waals surface area contributed by atoms with Crippen LogP contribution in [0.2, 0.25) is 5.02 Å². The van der Waals surface area contributed by atoms with Gasteiger partial charge in [-0.2, -0.15) is 4.31 Å². The predicted molar refractivity (Wildman–Crippen MR) is 108 cm³/mol. The van der Waals surface area contributed by atoms with Gasteiger partial charge in [0.05, 0.1) is 10.6 Å². The number of hydrogen-bond acceptors (Lipinski definition) is 5. The van der Waals surface area contributed by atoms with E-state index in [1.54, 1.807) is 13.0 Å². The fraction of sp³-hybridized carbons (Fsp3) is 0.316. The number of benzene rings is 2. The minimum absolute atomic E-state index is 0.140. The first-order valence-electron chi connectivity index (χ1n) is 8.97. The molecule has 2 aliphatic rings. The summed E-state index contributed by atoms with van der Waals surface area (Å²) in [5.74, 6) is 0.175. The van der Waals surface area contributed by atoms with Gasteiger partial charge in [-0.1, -0.05) is 17.7 Å². The van der Waals surface area contributed by atoms with E-state index >= 15 is 0 Å². The highest BCUT2D eigenvalue weighted by atomic mass is 35.5. The van der Waals surface area contributed by atoms with Gasteiger partial charge in [0.1, 0.15) is 5.75 Å². The van der Waals surface area contributed by atoms with E-state index in [1.807, 2.05) is 24.3 Å². The lowest BCUT2D eigenvalue weighted by Crippen LogP contribution is -2.48. The van der Waals surface area contributed by atoms with Crippen molar-refractivity contribution < 1.29 is 17.9 Å². The number of ether oxygens (including phenoxy) is 1. The lowest BCUT2D eigenvalue weighted by atomic mass is 10.2. The second kappa shape index (κ2) is 7.27. The first kappa shape index (κ1) is 19.0. The normalized spacial score (nSPS) is 20.3. The van der Waals surface area contributed by atoms with Gasteiger partial charge in [-0.05, 0) is 43.3 Å². The fourth-order valence-electron chi connectivity index (χ4n) is 3.36. The van der Waals surface area contributed by atoms with Crippen LogP contribution in [0.5, 0.6) is 5.75 Å². The third kappa shape index (κ3) is 3.55. The van der Waals surface area contributed by atoms with Crippen LogP contribution in [-0.2, 0) is 14.8 Å². The van der Waals surface area contributed by atoms with E-state index in [4.69, 9.17) is 16.3 Å². The van der Waals surface area contributed by atoms with Crippen molar-refractivity contribution in [3.63, 3.8) is 0 Å². The molecule has 1 fully saturated rings. The molecule has 2 aromatic carbocycles. The second-order valence-electron chi connectivity index (χ2n) is 6.78. The van der Waals surface area contributed by atoms with E-state index in [0.717, 1.165) is 5.69 Å². The summed E-state index contributed by atoms with van der Waals surface area (Å²) < 4.78 is 33.1. The lowest BCUT2D eigenvalue weighted by molar-refractivity contribution is -0.122. The molecule has 1 unspecified atom stereocenters. The number of hydrogen-bond donors (Lipinski definition) is 1. The monoisotopic (exact) mass is 421 g/mol. The Morgan fingerprint density at radius 2 is 1.86 bits per heavy atom. The summed E-state index contributed by atoms with van der Waals surface area (Å²) in [5, 5.41) is 3.34. The lowest BCUT2D eigenvalue weighted by Gasteiger charge is -2.35. The molecule has 0 radical (unpaired) electrons. The van der Waals surface area contributed by atoms with Crippen LogP contribution in [0.3, 0.4) is 0 Å². The molecule has 2 heterocycles. The van der Waals surface area contributed by atoms with Crippen LogP contribution in [0.1, 0.15) is 6.92 Å².